The van der Waals surface area contributed by atoms with Crippen molar-refractivity contribution >= 4 is 42.1 Å². The number of aromatic nitrogens is 1. The van der Waals surface area contributed by atoms with Gasteiger partial charge >= 0.3 is 0 Å². The van der Waals surface area contributed by atoms with E-state index in [-0.39, 0.29) is 36.1 Å². The lowest BCUT2D eigenvalue weighted by Gasteiger charge is -2.37. The molecule has 120 valence electrons. The van der Waals surface area contributed by atoms with Gasteiger partial charge < -0.3 is 10.6 Å². The molecule has 0 aromatic carbocycles. The summed E-state index contributed by atoms with van der Waals surface area (Å²) in [6, 6.07) is 0. The molecule has 2 heterocycles. The van der Waals surface area contributed by atoms with Crippen molar-refractivity contribution in [2.24, 2.45) is 11.3 Å². The van der Waals surface area contributed by atoms with Crippen LogP contribution in [0.5, 0.6) is 0 Å². The Morgan fingerprint density at radius 3 is 3.05 bits per heavy atom. The van der Waals surface area contributed by atoms with Crippen LogP contribution in [0.1, 0.15) is 36.4 Å². The van der Waals surface area contributed by atoms with Crippen LogP contribution in [-0.2, 0) is 11.3 Å². The Kier molecular flexibility index (Phi) is 6.91. The van der Waals surface area contributed by atoms with Crippen LogP contribution in [-0.4, -0.2) is 24.0 Å². The number of halogens is 2. The van der Waals surface area contributed by atoms with Crippen LogP contribution < -0.4 is 10.6 Å². The summed E-state index contributed by atoms with van der Waals surface area (Å²) >= 11 is 1.62. The third-order valence-corrected chi connectivity index (χ3v) is 5.52. The van der Waals surface area contributed by atoms with Crippen molar-refractivity contribution in [1.82, 2.24) is 15.6 Å². The Morgan fingerprint density at radius 1 is 1.52 bits per heavy atom. The molecule has 7 heteroatoms. The summed E-state index contributed by atoms with van der Waals surface area (Å²) in [5.74, 6) is 0.759. The summed E-state index contributed by atoms with van der Waals surface area (Å²) in [5.41, 5.74) is 0.885. The lowest BCUT2D eigenvalue weighted by molar-refractivity contribution is -0.134. The van der Waals surface area contributed by atoms with Crippen molar-refractivity contribution in [2.45, 2.75) is 39.2 Å². The Balaban J connectivity index is 0.00000110. The van der Waals surface area contributed by atoms with Crippen LogP contribution in [0, 0.1) is 18.3 Å². The van der Waals surface area contributed by atoms with Crippen LogP contribution in [0.15, 0.2) is 5.38 Å². The van der Waals surface area contributed by atoms with E-state index < -0.39 is 0 Å². The maximum atomic E-state index is 12.6. The Bertz CT molecular complexity index is 483. The second kappa shape index (κ2) is 7.77. The van der Waals surface area contributed by atoms with E-state index in [2.05, 4.69) is 15.6 Å². The van der Waals surface area contributed by atoms with Crippen LogP contribution in [0.4, 0.5) is 0 Å². The highest BCUT2D eigenvalue weighted by atomic mass is 35.5. The molecule has 0 unspecified atom stereocenters. The molecule has 21 heavy (non-hydrogen) atoms. The number of carbonyl (C=O) groups is 1. The van der Waals surface area contributed by atoms with E-state index in [1.807, 2.05) is 12.3 Å². The minimum Gasteiger partial charge on any atom is -0.349 e. The number of nitrogens with one attached hydrogen (secondary N) is 2. The topological polar surface area (TPSA) is 54.0 Å². The number of nitrogens with zero attached hydrogens (tertiary/aromatic N) is 1. The van der Waals surface area contributed by atoms with E-state index in [9.17, 15) is 4.79 Å². The predicted molar refractivity (Wildman–Crippen MR) is 90.5 cm³/mol. The SMILES string of the molecule is Cc1csc(CNC(=O)[C@@]23CCCC[C@H]2CNC3)n1.Cl.Cl. The highest BCUT2D eigenvalue weighted by Crippen LogP contribution is 2.43. The molecule has 0 radical (unpaired) electrons. The molecule has 2 atom stereocenters. The van der Waals surface area contributed by atoms with Gasteiger partial charge in [0.05, 0.1) is 12.0 Å². The lowest BCUT2D eigenvalue weighted by Crippen LogP contribution is -2.47. The summed E-state index contributed by atoms with van der Waals surface area (Å²) in [4.78, 5) is 17.0. The van der Waals surface area contributed by atoms with Gasteiger partial charge in [-0.25, -0.2) is 4.98 Å². The monoisotopic (exact) mass is 351 g/mol. The highest BCUT2D eigenvalue weighted by Gasteiger charge is 2.49. The predicted octanol–water partition coefficient (Wildman–Crippen LogP) is 2.69. The van der Waals surface area contributed by atoms with E-state index in [1.165, 1.54) is 19.3 Å². The third-order valence-electron chi connectivity index (χ3n) is 4.56. The lowest BCUT2D eigenvalue weighted by atomic mass is 9.67. The zero-order chi connectivity index (χ0) is 13.3. The average molecular weight is 352 g/mol. The maximum absolute atomic E-state index is 12.6. The fraction of sp³-hybridized carbons (Fsp3) is 0.714. The van der Waals surface area contributed by atoms with Gasteiger partial charge in [-0.1, -0.05) is 12.8 Å². The second-order valence-electron chi connectivity index (χ2n) is 5.80. The van der Waals surface area contributed by atoms with Gasteiger partial charge in [0.25, 0.3) is 0 Å². The first kappa shape index (κ1) is 18.7. The van der Waals surface area contributed by atoms with Crippen molar-refractivity contribution in [2.75, 3.05) is 13.1 Å². The Labute approximate surface area is 142 Å². The van der Waals surface area contributed by atoms with Gasteiger partial charge in [-0.3, -0.25) is 4.79 Å². The molecule has 1 saturated heterocycles. The van der Waals surface area contributed by atoms with Gasteiger partial charge in [0.1, 0.15) is 5.01 Å². The quantitative estimate of drug-likeness (QED) is 0.880. The standard InChI is InChI=1S/C14H21N3OS.2ClH/c1-10-8-19-12(17-10)7-16-13(18)14-5-3-2-4-11(14)6-15-9-14;;/h8,11,15H,2-7,9H2,1H3,(H,16,18);2*1H/t11-,14+;;/m0../s1. The maximum Gasteiger partial charge on any atom is 0.228 e. The summed E-state index contributed by atoms with van der Waals surface area (Å²) in [7, 11) is 0. The van der Waals surface area contributed by atoms with E-state index in [1.54, 1.807) is 11.3 Å². The summed E-state index contributed by atoms with van der Waals surface area (Å²) in [6.07, 6.45) is 4.68. The number of thiazole rings is 1. The smallest absolute Gasteiger partial charge is 0.228 e. The molecule has 1 amide bonds. The number of hydrogen-bond acceptors (Lipinski definition) is 4. The van der Waals surface area contributed by atoms with Crippen LogP contribution in [0.3, 0.4) is 0 Å². The van der Waals surface area contributed by atoms with Crippen molar-refractivity contribution in [3.05, 3.63) is 16.1 Å². The largest absolute Gasteiger partial charge is 0.349 e. The van der Waals surface area contributed by atoms with Gasteiger partial charge in [-0.15, -0.1) is 36.2 Å². The van der Waals surface area contributed by atoms with E-state index in [0.29, 0.717) is 12.5 Å². The van der Waals surface area contributed by atoms with Crippen molar-refractivity contribution < 1.29 is 4.79 Å². The molecule has 2 fully saturated rings. The van der Waals surface area contributed by atoms with E-state index in [0.717, 1.165) is 30.2 Å². The normalized spacial score (nSPS) is 27.2. The zero-order valence-corrected chi connectivity index (χ0v) is 14.6. The van der Waals surface area contributed by atoms with Gasteiger partial charge in [-0.2, -0.15) is 0 Å². The summed E-state index contributed by atoms with van der Waals surface area (Å²) < 4.78 is 0. The first-order chi connectivity index (χ1) is 9.21. The van der Waals surface area contributed by atoms with E-state index in [4.69, 9.17) is 0 Å². The third kappa shape index (κ3) is 3.70. The second-order valence-corrected chi connectivity index (χ2v) is 6.74. The first-order valence-electron chi connectivity index (χ1n) is 7.11. The Morgan fingerprint density at radius 2 is 2.33 bits per heavy atom. The minimum absolute atomic E-state index is 0. The van der Waals surface area contributed by atoms with Crippen LogP contribution >= 0.6 is 36.2 Å². The van der Waals surface area contributed by atoms with Crippen LogP contribution in [0.25, 0.3) is 0 Å². The number of amides is 1. The molecule has 2 N–H and O–H groups in total. The number of rotatable bonds is 3. The first-order valence-corrected chi connectivity index (χ1v) is 7.99. The van der Waals surface area contributed by atoms with E-state index >= 15 is 0 Å². The number of carbonyl (C=O) groups excluding carboxylic acids is 1. The number of hydrogen-bond donors (Lipinski definition) is 2. The molecular formula is C14H23Cl2N3OS. The molecule has 4 nitrogen and oxygen atoms in total. The molecule has 0 bridgehead atoms. The number of aryl methyl sites for hydroxylation is 1. The molecule has 1 saturated carbocycles. The van der Waals surface area contributed by atoms with Gasteiger partial charge in [0, 0.05) is 17.6 Å². The molecule has 2 aliphatic rings. The van der Waals surface area contributed by atoms with Crippen molar-refractivity contribution in [1.29, 1.82) is 0 Å². The molecule has 1 aromatic rings. The molecule has 1 aliphatic heterocycles. The fourth-order valence-corrected chi connectivity index (χ4v) is 4.22. The fourth-order valence-electron chi connectivity index (χ4n) is 3.51. The molecule has 1 aliphatic carbocycles. The summed E-state index contributed by atoms with van der Waals surface area (Å²) in [6.45, 7) is 4.41. The molecule has 0 spiro atoms. The molecule has 3 rings (SSSR count). The van der Waals surface area contributed by atoms with Crippen LogP contribution in [0.2, 0.25) is 0 Å². The van der Waals surface area contributed by atoms with Crippen molar-refractivity contribution in [3.63, 3.8) is 0 Å². The van der Waals surface area contributed by atoms with Gasteiger partial charge in [0.15, 0.2) is 0 Å². The summed E-state index contributed by atoms with van der Waals surface area (Å²) in [5, 5.41) is 9.56. The minimum atomic E-state index is -0.148. The highest BCUT2D eigenvalue weighted by molar-refractivity contribution is 7.09. The average Bonchev–Trinajstić information content (AvgIpc) is 3.02. The van der Waals surface area contributed by atoms with Crippen molar-refractivity contribution in [3.8, 4) is 0 Å². The number of fused-ring (bicyclic) bond motifs is 1. The molecule has 1 aromatic heterocycles. The molecular weight excluding hydrogens is 329 g/mol. The van der Waals surface area contributed by atoms with Gasteiger partial charge in [-0.05, 0) is 32.2 Å². The Hall–Kier alpha value is -0.360. The van der Waals surface area contributed by atoms with Gasteiger partial charge in [0.2, 0.25) is 5.91 Å². The zero-order valence-electron chi connectivity index (χ0n) is 12.2.